The summed E-state index contributed by atoms with van der Waals surface area (Å²) in [6, 6.07) is 0. The Labute approximate surface area is 161 Å². The lowest BCUT2D eigenvalue weighted by atomic mass is 10.1. The fourth-order valence-corrected chi connectivity index (χ4v) is 2.63. The van der Waals surface area contributed by atoms with Crippen molar-refractivity contribution in [2.24, 2.45) is 5.73 Å². The molecule has 0 atom stereocenters. The summed E-state index contributed by atoms with van der Waals surface area (Å²) < 4.78 is 12.5. The fourth-order valence-electron chi connectivity index (χ4n) is 2.63. The molecule has 10 heteroatoms. The summed E-state index contributed by atoms with van der Waals surface area (Å²) in [6.45, 7) is 6.68. The van der Waals surface area contributed by atoms with E-state index in [0.717, 1.165) is 0 Å². The van der Waals surface area contributed by atoms with Crippen LogP contribution in [0.25, 0.3) is 22.6 Å². The number of hydrogen-bond acceptors (Lipinski definition) is 9. The third-order valence-electron chi connectivity index (χ3n) is 3.87. The van der Waals surface area contributed by atoms with Crippen molar-refractivity contribution >= 4 is 16.9 Å². The smallest absolute Gasteiger partial charge is 0.199 e. The van der Waals surface area contributed by atoms with Crippen LogP contribution < -0.4 is 16.2 Å². The minimum absolute atomic E-state index is 0.132. The van der Waals surface area contributed by atoms with Crippen LogP contribution in [0.1, 0.15) is 32.9 Å². The summed E-state index contributed by atoms with van der Waals surface area (Å²) in [5, 5.41) is 17.4. The minimum atomic E-state index is -1.17. The number of fused-ring (bicyclic) bond motifs is 1. The van der Waals surface area contributed by atoms with Crippen LogP contribution in [0.4, 0.5) is 5.82 Å². The molecule has 3 heterocycles. The minimum Gasteiger partial charge on any atom is -0.490 e. The van der Waals surface area contributed by atoms with Gasteiger partial charge in [-0.25, -0.2) is 14.6 Å². The number of nitrogen functional groups attached to an aromatic ring is 1. The zero-order chi connectivity index (χ0) is 20.3. The lowest BCUT2D eigenvalue weighted by Gasteiger charge is -2.10. The number of nitrogens with two attached hydrogens (primary N) is 2. The van der Waals surface area contributed by atoms with Crippen molar-refractivity contribution in [1.82, 2.24) is 24.8 Å². The molecule has 0 aliphatic rings. The molecular formula is C18H23N7O3. The van der Waals surface area contributed by atoms with E-state index in [1.165, 1.54) is 0 Å². The lowest BCUT2D eigenvalue weighted by molar-refractivity contribution is 0.143. The van der Waals surface area contributed by atoms with E-state index >= 15 is 0 Å². The number of aromatic nitrogens is 5. The lowest BCUT2D eigenvalue weighted by Crippen LogP contribution is -2.14. The quantitative estimate of drug-likeness (QED) is 0.416. The van der Waals surface area contributed by atoms with Crippen molar-refractivity contribution in [1.29, 1.82) is 0 Å². The largest absolute Gasteiger partial charge is 0.490 e. The monoisotopic (exact) mass is 385 g/mol. The number of rotatable bonds is 6. The first-order valence-corrected chi connectivity index (χ1v) is 8.91. The molecule has 148 valence electrons. The van der Waals surface area contributed by atoms with E-state index in [9.17, 15) is 5.11 Å². The highest BCUT2D eigenvalue weighted by atomic mass is 16.6. The summed E-state index contributed by atoms with van der Waals surface area (Å²) in [6.07, 6.45) is 2.30. The molecular weight excluding hydrogens is 362 g/mol. The number of ether oxygens (including phenoxy) is 1. The number of aliphatic hydroxyl groups is 1. The van der Waals surface area contributed by atoms with Crippen molar-refractivity contribution in [3.8, 4) is 29.1 Å². The fraction of sp³-hybridized carbons (Fsp3) is 0.444. The Morgan fingerprint density at radius 3 is 2.75 bits per heavy atom. The van der Waals surface area contributed by atoms with E-state index in [0.29, 0.717) is 60.1 Å². The SMILES string of the molecule is CCn1c(-c2nonc2N)nc2c(C#CC(C)(C)O)ncc(OCCCN)c21. The topological polar surface area (TPSA) is 151 Å². The molecule has 3 aromatic heterocycles. The number of hydrogen-bond donors (Lipinski definition) is 3. The Bertz CT molecular complexity index is 1040. The van der Waals surface area contributed by atoms with Crippen LogP contribution >= 0.6 is 0 Å². The molecule has 5 N–H and O–H groups in total. The van der Waals surface area contributed by atoms with E-state index in [-0.39, 0.29) is 5.82 Å². The number of nitrogens with zero attached hydrogens (tertiary/aromatic N) is 5. The molecule has 28 heavy (non-hydrogen) atoms. The second kappa shape index (κ2) is 7.84. The molecule has 0 aliphatic carbocycles. The first-order valence-electron chi connectivity index (χ1n) is 8.91. The molecule has 0 spiro atoms. The summed E-state index contributed by atoms with van der Waals surface area (Å²) in [5.41, 5.74) is 12.2. The van der Waals surface area contributed by atoms with Gasteiger partial charge in [-0.1, -0.05) is 5.92 Å². The third kappa shape index (κ3) is 3.90. The van der Waals surface area contributed by atoms with Gasteiger partial charge in [-0.05, 0) is 50.0 Å². The second-order valence-electron chi connectivity index (χ2n) is 6.65. The van der Waals surface area contributed by atoms with Crippen LogP contribution in [0.2, 0.25) is 0 Å². The van der Waals surface area contributed by atoms with Gasteiger partial charge >= 0.3 is 0 Å². The molecule has 10 nitrogen and oxygen atoms in total. The Morgan fingerprint density at radius 1 is 1.36 bits per heavy atom. The first kappa shape index (κ1) is 19.6. The maximum atomic E-state index is 9.93. The van der Waals surface area contributed by atoms with Gasteiger partial charge in [0.2, 0.25) is 0 Å². The van der Waals surface area contributed by atoms with E-state index in [4.69, 9.17) is 20.8 Å². The standard InChI is InChI=1S/C18H23N7O3/c1-4-25-15-12(27-9-5-8-19)10-21-11(6-7-18(2,3)26)13(15)22-17(25)14-16(20)24-28-23-14/h10,26H,4-5,8-9,19H2,1-3H3,(H2,20,24). The van der Waals surface area contributed by atoms with Crippen LogP contribution in [-0.2, 0) is 6.54 Å². The molecule has 3 aromatic rings. The Kier molecular flexibility index (Phi) is 5.48. The summed E-state index contributed by atoms with van der Waals surface area (Å²) in [4.78, 5) is 9.02. The van der Waals surface area contributed by atoms with Crippen molar-refractivity contribution in [3.63, 3.8) is 0 Å². The Hall–Kier alpha value is -3.16. The predicted octanol–water partition coefficient (Wildman–Crippen LogP) is 0.933. The molecule has 0 fully saturated rings. The highest BCUT2D eigenvalue weighted by Gasteiger charge is 2.23. The summed E-state index contributed by atoms with van der Waals surface area (Å²) in [5.74, 6) is 6.81. The van der Waals surface area contributed by atoms with E-state index in [2.05, 4.69) is 32.1 Å². The summed E-state index contributed by atoms with van der Waals surface area (Å²) in [7, 11) is 0. The van der Waals surface area contributed by atoms with Crippen molar-refractivity contribution in [2.45, 2.75) is 39.3 Å². The van der Waals surface area contributed by atoms with Crippen LogP contribution in [0.15, 0.2) is 10.8 Å². The van der Waals surface area contributed by atoms with Gasteiger partial charge < -0.3 is 25.9 Å². The molecule has 0 amide bonds. The van der Waals surface area contributed by atoms with Crippen LogP contribution in [0.5, 0.6) is 5.75 Å². The molecule has 0 bridgehead atoms. The zero-order valence-corrected chi connectivity index (χ0v) is 16.1. The van der Waals surface area contributed by atoms with E-state index in [1.54, 1.807) is 20.0 Å². The van der Waals surface area contributed by atoms with Gasteiger partial charge in [-0.2, -0.15) is 0 Å². The normalized spacial score (nSPS) is 11.5. The van der Waals surface area contributed by atoms with Gasteiger partial charge in [0.1, 0.15) is 22.3 Å². The molecule has 0 aliphatic heterocycles. The maximum Gasteiger partial charge on any atom is 0.199 e. The number of aryl methyl sites for hydroxylation is 1. The Morgan fingerprint density at radius 2 is 2.14 bits per heavy atom. The second-order valence-corrected chi connectivity index (χ2v) is 6.65. The maximum absolute atomic E-state index is 9.93. The van der Waals surface area contributed by atoms with Gasteiger partial charge in [0.05, 0.1) is 12.8 Å². The predicted molar refractivity (Wildman–Crippen MR) is 103 cm³/mol. The third-order valence-corrected chi connectivity index (χ3v) is 3.87. The van der Waals surface area contributed by atoms with Crippen LogP contribution in [0.3, 0.4) is 0 Å². The molecule has 0 saturated carbocycles. The number of anilines is 1. The Balaban J connectivity index is 2.24. The molecule has 3 rings (SSSR count). The molecule has 0 saturated heterocycles. The van der Waals surface area contributed by atoms with Gasteiger partial charge in [-0.3, -0.25) is 0 Å². The molecule has 0 unspecified atom stereocenters. The van der Waals surface area contributed by atoms with Gasteiger partial charge in [0.15, 0.2) is 23.1 Å². The van der Waals surface area contributed by atoms with Crippen LogP contribution in [-0.4, -0.2) is 48.7 Å². The number of imidazole rings is 1. The van der Waals surface area contributed by atoms with E-state index in [1.807, 2.05) is 11.5 Å². The van der Waals surface area contributed by atoms with Crippen molar-refractivity contribution in [3.05, 3.63) is 11.9 Å². The van der Waals surface area contributed by atoms with Crippen molar-refractivity contribution < 1.29 is 14.5 Å². The molecule has 0 radical (unpaired) electrons. The van der Waals surface area contributed by atoms with Gasteiger partial charge in [-0.15, -0.1) is 0 Å². The number of pyridine rings is 1. The molecule has 0 aromatic carbocycles. The zero-order valence-electron chi connectivity index (χ0n) is 16.1. The highest BCUT2D eigenvalue weighted by Crippen LogP contribution is 2.33. The van der Waals surface area contributed by atoms with Gasteiger partial charge in [0.25, 0.3) is 0 Å². The van der Waals surface area contributed by atoms with Crippen LogP contribution in [0, 0.1) is 11.8 Å². The van der Waals surface area contributed by atoms with Gasteiger partial charge in [0, 0.05) is 6.54 Å². The van der Waals surface area contributed by atoms with Crippen molar-refractivity contribution in [2.75, 3.05) is 18.9 Å². The first-order chi connectivity index (χ1) is 13.4. The average molecular weight is 385 g/mol. The van der Waals surface area contributed by atoms with E-state index < -0.39 is 5.60 Å². The average Bonchev–Trinajstić information content (AvgIpc) is 3.23. The highest BCUT2D eigenvalue weighted by molar-refractivity contribution is 5.89. The summed E-state index contributed by atoms with van der Waals surface area (Å²) >= 11 is 0.